The lowest BCUT2D eigenvalue weighted by Gasteiger charge is -2.12. The molecule has 4 nitrogen and oxygen atoms in total. The summed E-state index contributed by atoms with van der Waals surface area (Å²) in [6, 6.07) is 33.8. The van der Waals surface area contributed by atoms with E-state index in [1.807, 2.05) is 18.3 Å². The van der Waals surface area contributed by atoms with Gasteiger partial charge in [0.2, 0.25) is 0 Å². The van der Waals surface area contributed by atoms with E-state index in [1.54, 1.807) is 0 Å². The van der Waals surface area contributed by atoms with Crippen LogP contribution in [0.1, 0.15) is 12.6 Å². The summed E-state index contributed by atoms with van der Waals surface area (Å²) >= 11 is 0. The van der Waals surface area contributed by atoms with Crippen molar-refractivity contribution in [2.75, 3.05) is 0 Å². The van der Waals surface area contributed by atoms with Crippen LogP contribution in [0.4, 0.5) is 0 Å². The monoisotopic (exact) mass is 538 g/mol. The maximum Gasteiger partial charge on any atom is 0.0972 e. The van der Waals surface area contributed by atoms with Gasteiger partial charge in [0, 0.05) is 33.7 Å². The summed E-state index contributed by atoms with van der Waals surface area (Å²) in [6.07, 6.45) is 12.4. The highest BCUT2D eigenvalue weighted by Crippen LogP contribution is 2.31. The van der Waals surface area contributed by atoms with Crippen LogP contribution in [0, 0.1) is 5.92 Å². The molecular weight excluding hydrogens is 512 g/mol. The molecule has 0 amide bonds. The van der Waals surface area contributed by atoms with Crippen molar-refractivity contribution in [1.82, 2.24) is 19.9 Å². The van der Waals surface area contributed by atoms with Gasteiger partial charge in [-0.2, -0.15) is 0 Å². The van der Waals surface area contributed by atoms with Crippen LogP contribution in [0.2, 0.25) is 0 Å². The number of pyridine rings is 4. The van der Waals surface area contributed by atoms with Gasteiger partial charge in [-0.05, 0) is 59.2 Å². The van der Waals surface area contributed by atoms with Crippen molar-refractivity contribution in [2.24, 2.45) is 5.92 Å². The maximum absolute atomic E-state index is 5.07. The third-order valence-electron chi connectivity index (χ3n) is 8.09. The number of hydrogen-bond donors (Lipinski definition) is 0. The Balaban J connectivity index is 1.15. The van der Waals surface area contributed by atoms with E-state index >= 15 is 0 Å². The zero-order chi connectivity index (χ0) is 28.0. The Morgan fingerprint density at radius 2 is 1.21 bits per heavy atom. The summed E-state index contributed by atoms with van der Waals surface area (Å²) in [6.45, 7) is 2.21. The number of hydrogen-bond acceptors (Lipinski definition) is 4. The van der Waals surface area contributed by atoms with Crippen LogP contribution in [-0.2, 0) is 0 Å². The Bertz CT molecular complexity index is 2280. The van der Waals surface area contributed by atoms with Crippen molar-refractivity contribution in [2.45, 2.75) is 6.92 Å². The van der Waals surface area contributed by atoms with Crippen molar-refractivity contribution in [3.05, 3.63) is 139 Å². The molecule has 4 heterocycles. The quantitative estimate of drug-likeness (QED) is 0.210. The summed E-state index contributed by atoms with van der Waals surface area (Å²) in [4.78, 5) is 19.6. The van der Waals surface area contributed by atoms with Gasteiger partial charge in [0.1, 0.15) is 0 Å². The molecule has 42 heavy (non-hydrogen) atoms. The topological polar surface area (TPSA) is 51.6 Å². The van der Waals surface area contributed by atoms with Gasteiger partial charge in [-0.25, -0.2) is 15.0 Å². The molecule has 1 unspecified atom stereocenters. The van der Waals surface area contributed by atoms with E-state index in [9.17, 15) is 0 Å². The van der Waals surface area contributed by atoms with Crippen LogP contribution in [0.3, 0.4) is 0 Å². The first kappa shape index (κ1) is 24.3. The largest absolute Gasteiger partial charge is 0.254 e. The van der Waals surface area contributed by atoms with E-state index in [0.717, 1.165) is 71.8 Å². The highest BCUT2D eigenvalue weighted by atomic mass is 14.8. The first-order chi connectivity index (χ1) is 20.7. The fourth-order valence-corrected chi connectivity index (χ4v) is 5.80. The van der Waals surface area contributed by atoms with Gasteiger partial charge in [0.15, 0.2) is 0 Å². The SMILES string of the molecule is CC1C=CC=CC=C1c1ccc2ccc(-c3ccc4nc(-c5ccc6ccc7cccnc7c6n5)ccc4c3)cc2n1. The summed E-state index contributed by atoms with van der Waals surface area (Å²) in [5, 5.41) is 4.37. The van der Waals surface area contributed by atoms with Crippen LogP contribution < -0.4 is 0 Å². The second-order valence-corrected chi connectivity index (χ2v) is 10.8. The molecular formula is C38H26N4. The van der Waals surface area contributed by atoms with Gasteiger partial charge in [-0.3, -0.25) is 4.98 Å². The predicted molar refractivity (Wildman–Crippen MR) is 174 cm³/mol. The van der Waals surface area contributed by atoms with Crippen molar-refractivity contribution in [3.63, 3.8) is 0 Å². The van der Waals surface area contributed by atoms with Crippen molar-refractivity contribution < 1.29 is 0 Å². The van der Waals surface area contributed by atoms with E-state index in [2.05, 4.69) is 127 Å². The minimum atomic E-state index is 0.312. The molecule has 198 valence electrons. The Morgan fingerprint density at radius 3 is 2.14 bits per heavy atom. The minimum absolute atomic E-state index is 0.312. The van der Waals surface area contributed by atoms with Crippen molar-refractivity contribution in [3.8, 4) is 22.5 Å². The normalized spacial score (nSPS) is 15.0. The van der Waals surface area contributed by atoms with E-state index < -0.39 is 0 Å². The van der Waals surface area contributed by atoms with Crippen LogP contribution in [-0.4, -0.2) is 19.9 Å². The second-order valence-electron chi connectivity index (χ2n) is 10.8. The van der Waals surface area contributed by atoms with Crippen LogP contribution >= 0.6 is 0 Å². The maximum atomic E-state index is 5.07. The second kappa shape index (κ2) is 9.86. The molecule has 1 atom stereocenters. The van der Waals surface area contributed by atoms with Crippen molar-refractivity contribution in [1.29, 1.82) is 0 Å². The minimum Gasteiger partial charge on any atom is -0.254 e. The van der Waals surface area contributed by atoms with Gasteiger partial charge < -0.3 is 0 Å². The van der Waals surface area contributed by atoms with Crippen molar-refractivity contribution >= 4 is 49.2 Å². The van der Waals surface area contributed by atoms with E-state index in [0.29, 0.717) is 5.92 Å². The molecule has 1 aliphatic carbocycles. The smallest absolute Gasteiger partial charge is 0.0972 e. The molecule has 4 heteroatoms. The van der Waals surface area contributed by atoms with E-state index in [1.165, 1.54) is 5.57 Å². The average molecular weight is 539 g/mol. The van der Waals surface area contributed by atoms with Crippen LogP contribution in [0.15, 0.2) is 134 Å². The summed E-state index contributed by atoms with van der Waals surface area (Å²) in [7, 11) is 0. The number of benzene rings is 3. The fraction of sp³-hybridized carbons (Fsp3) is 0.0526. The molecule has 0 saturated heterocycles. The predicted octanol–water partition coefficient (Wildman–Crippen LogP) is 9.36. The molecule has 0 radical (unpaired) electrons. The van der Waals surface area contributed by atoms with Gasteiger partial charge >= 0.3 is 0 Å². The van der Waals surface area contributed by atoms with Crippen LogP contribution in [0.5, 0.6) is 0 Å². The molecule has 0 saturated carbocycles. The number of aromatic nitrogens is 4. The molecule has 4 aromatic heterocycles. The highest BCUT2D eigenvalue weighted by Gasteiger charge is 2.12. The molecule has 0 fully saturated rings. The number of rotatable bonds is 3. The first-order valence-electron chi connectivity index (χ1n) is 14.2. The molecule has 0 bridgehead atoms. The summed E-state index contributed by atoms with van der Waals surface area (Å²) in [5.41, 5.74) is 9.94. The fourth-order valence-electron chi connectivity index (χ4n) is 5.80. The molecule has 0 spiro atoms. The van der Waals surface area contributed by atoms with Gasteiger partial charge in [-0.15, -0.1) is 0 Å². The average Bonchev–Trinajstić information content (AvgIpc) is 3.27. The first-order valence-corrected chi connectivity index (χ1v) is 14.2. The highest BCUT2D eigenvalue weighted by molar-refractivity contribution is 6.03. The number of allylic oxidation sites excluding steroid dienone is 6. The molecule has 7 aromatic rings. The molecule has 0 aliphatic heterocycles. The lowest BCUT2D eigenvalue weighted by molar-refractivity contribution is 0.957. The number of nitrogens with zero attached hydrogens (tertiary/aromatic N) is 4. The Hall–Kier alpha value is -5.48. The summed E-state index contributed by atoms with van der Waals surface area (Å²) in [5.74, 6) is 0.312. The van der Waals surface area contributed by atoms with Gasteiger partial charge in [0.05, 0.1) is 39.1 Å². The molecule has 0 N–H and O–H groups in total. The Kier molecular flexibility index (Phi) is 5.71. The van der Waals surface area contributed by atoms with E-state index in [-0.39, 0.29) is 0 Å². The zero-order valence-electron chi connectivity index (χ0n) is 23.1. The molecule has 8 rings (SSSR count). The summed E-state index contributed by atoms with van der Waals surface area (Å²) < 4.78 is 0. The standard InChI is InChI=1S/C38H26N4/c1-24-6-3-2-4-8-31(24)33-18-13-25-9-12-29(23-36(25)41-33)28-15-17-32-30(22-28)16-20-34(40-32)35-19-14-27-11-10-26-7-5-21-39-37(26)38(27)42-35/h2-24H,1H3. The van der Waals surface area contributed by atoms with Gasteiger partial charge in [-0.1, -0.05) is 91.9 Å². The number of fused-ring (bicyclic) bond motifs is 5. The third-order valence-corrected chi connectivity index (χ3v) is 8.09. The van der Waals surface area contributed by atoms with Crippen LogP contribution in [0.25, 0.3) is 71.7 Å². The molecule has 1 aliphatic rings. The lowest BCUT2D eigenvalue weighted by atomic mass is 9.96. The van der Waals surface area contributed by atoms with Gasteiger partial charge in [0.25, 0.3) is 0 Å². The Labute approximate surface area is 243 Å². The third kappa shape index (κ3) is 4.25. The van der Waals surface area contributed by atoms with E-state index in [4.69, 9.17) is 15.0 Å². The molecule has 3 aromatic carbocycles. The Morgan fingerprint density at radius 1 is 0.524 bits per heavy atom. The lowest BCUT2D eigenvalue weighted by Crippen LogP contribution is -1.98. The zero-order valence-corrected chi connectivity index (χ0v) is 23.1.